The molecule has 1 saturated carbocycles. The number of nitrogen functional groups attached to an aromatic ring is 1. The van der Waals surface area contributed by atoms with Crippen LogP contribution in [0, 0.1) is 5.92 Å². The largest absolute Gasteiger partial charge is 0.373 e. The van der Waals surface area contributed by atoms with Crippen molar-refractivity contribution in [2.24, 2.45) is 11.8 Å². The van der Waals surface area contributed by atoms with Gasteiger partial charge in [-0.25, -0.2) is 5.84 Å². The lowest BCUT2D eigenvalue weighted by Gasteiger charge is -2.30. The molecule has 1 aliphatic carbocycles. The second-order valence-corrected chi connectivity index (χ2v) is 5.97. The zero-order valence-electron chi connectivity index (χ0n) is 11.4. The molecule has 1 heterocycles. The van der Waals surface area contributed by atoms with Gasteiger partial charge in [0.2, 0.25) is 0 Å². The summed E-state index contributed by atoms with van der Waals surface area (Å²) in [4.78, 5) is 12.2. The van der Waals surface area contributed by atoms with Crippen molar-refractivity contribution in [2.75, 3.05) is 0 Å². The number of thiophene rings is 1. The molecule has 19 heavy (non-hydrogen) atoms. The van der Waals surface area contributed by atoms with E-state index in [1.165, 1.54) is 37.0 Å². The lowest BCUT2D eigenvalue weighted by atomic mass is 9.85. The Morgan fingerprint density at radius 2 is 2.32 bits per heavy atom. The van der Waals surface area contributed by atoms with Crippen molar-refractivity contribution in [2.45, 2.75) is 51.7 Å². The van der Waals surface area contributed by atoms with Crippen molar-refractivity contribution in [3.63, 3.8) is 0 Å². The van der Waals surface area contributed by atoms with Gasteiger partial charge in [0.15, 0.2) is 0 Å². The first kappa shape index (κ1) is 14.5. The first-order valence-electron chi connectivity index (χ1n) is 6.95. The van der Waals surface area contributed by atoms with Gasteiger partial charge in [-0.2, -0.15) is 0 Å². The molecule has 1 aromatic rings. The number of nitrogens with one attached hydrogen (secondary N) is 1. The molecule has 3 N–H and O–H groups in total. The molecule has 1 aliphatic rings. The minimum Gasteiger partial charge on any atom is -0.373 e. The number of amides is 1. The van der Waals surface area contributed by atoms with Gasteiger partial charge in [-0.15, -0.1) is 11.3 Å². The van der Waals surface area contributed by atoms with Crippen molar-refractivity contribution in [3.05, 3.63) is 21.9 Å². The third-order valence-electron chi connectivity index (χ3n) is 3.90. The number of hydrazine groups is 1. The third-order valence-corrected chi connectivity index (χ3v) is 4.86. The molecule has 2 rings (SSSR count). The molecule has 1 amide bonds. The first-order chi connectivity index (χ1) is 9.26. The smallest absolute Gasteiger partial charge is 0.275 e. The number of nitrogens with two attached hydrogens (primary N) is 1. The molecule has 1 aromatic heterocycles. The highest BCUT2D eigenvalue weighted by atomic mass is 32.1. The Morgan fingerprint density at radius 1 is 1.53 bits per heavy atom. The summed E-state index contributed by atoms with van der Waals surface area (Å²) in [7, 11) is 0. The molecule has 2 unspecified atom stereocenters. The summed E-state index contributed by atoms with van der Waals surface area (Å²) in [6.45, 7) is 2.73. The first-order valence-corrected chi connectivity index (χ1v) is 7.83. The standard InChI is InChI=1S/C14H22N2O2S/c1-2-10-5-3-4-6-12(10)18-9-11-7-8-19-13(11)14(17)16-15/h7-8,10,12H,2-6,9,15H2,1H3,(H,16,17). The summed E-state index contributed by atoms with van der Waals surface area (Å²) < 4.78 is 6.05. The average molecular weight is 282 g/mol. The number of ether oxygens (including phenoxy) is 1. The predicted octanol–water partition coefficient (Wildman–Crippen LogP) is 2.84. The van der Waals surface area contributed by atoms with E-state index in [0.717, 1.165) is 12.0 Å². The maximum atomic E-state index is 11.6. The molecule has 0 saturated heterocycles. The van der Waals surface area contributed by atoms with Gasteiger partial charge in [0.05, 0.1) is 17.6 Å². The zero-order chi connectivity index (χ0) is 13.7. The van der Waals surface area contributed by atoms with E-state index < -0.39 is 0 Å². The van der Waals surface area contributed by atoms with E-state index in [4.69, 9.17) is 10.6 Å². The van der Waals surface area contributed by atoms with Crippen LogP contribution in [0.25, 0.3) is 0 Å². The maximum Gasteiger partial charge on any atom is 0.275 e. The predicted molar refractivity (Wildman–Crippen MR) is 76.8 cm³/mol. The molecular formula is C14H22N2O2S. The fourth-order valence-electron chi connectivity index (χ4n) is 2.77. The van der Waals surface area contributed by atoms with E-state index >= 15 is 0 Å². The number of rotatable bonds is 5. The Morgan fingerprint density at radius 3 is 3.05 bits per heavy atom. The molecule has 0 spiro atoms. The van der Waals surface area contributed by atoms with Crippen LogP contribution in [0.3, 0.4) is 0 Å². The highest BCUT2D eigenvalue weighted by Crippen LogP contribution is 2.30. The lowest BCUT2D eigenvalue weighted by molar-refractivity contribution is -0.0222. The molecule has 4 nitrogen and oxygen atoms in total. The molecule has 0 aromatic carbocycles. The molecule has 0 aliphatic heterocycles. The fourth-order valence-corrected chi connectivity index (χ4v) is 3.58. The van der Waals surface area contributed by atoms with Crippen molar-refractivity contribution in [1.29, 1.82) is 0 Å². The fraction of sp³-hybridized carbons (Fsp3) is 0.643. The van der Waals surface area contributed by atoms with Crippen LogP contribution in [-0.2, 0) is 11.3 Å². The van der Waals surface area contributed by atoms with Gasteiger partial charge in [0.25, 0.3) is 5.91 Å². The molecule has 2 atom stereocenters. The Kier molecular flexibility index (Phi) is 5.36. The van der Waals surface area contributed by atoms with E-state index in [0.29, 0.717) is 23.5 Å². The van der Waals surface area contributed by atoms with Gasteiger partial charge < -0.3 is 4.74 Å². The summed E-state index contributed by atoms with van der Waals surface area (Å²) in [6, 6.07) is 1.94. The van der Waals surface area contributed by atoms with Crippen molar-refractivity contribution >= 4 is 17.2 Å². The summed E-state index contributed by atoms with van der Waals surface area (Å²) in [5.74, 6) is 5.61. The van der Waals surface area contributed by atoms with E-state index in [-0.39, 0.29) is 5.91 Å². The third kappa shape index (κ3) is 3.55. The second kappa shape index (κ2) is 7.03. The van der Waals surface area contributed by atoms with E-state index in [1.54, 1.807) is 0 Å². The summed E-state index contributed by atoms with van der Waals surface area (Å²) in [5.41, 5.74) is 3.12. The summed E-state index contributed by atoms with van der Waals surface area (Å²) >= 11 is 1.40. The van der Waals surface area contributed by atoms with E-state index in [2.05, 4.69) is 12.3 Å². The van der Waals surface area contributed by atoms with Gasteiger partial charge in [0, 0.05) is 5.56 Å². The Labute approximate surface area is 118 Å². The van der Waals surface area contributed by atoms with E-state index in [9.17, 15) is 4.79 Å². The zero-order valence-corrected chi connectivity index (χ0v) is 12.2. The SMILES string of the molecule is CCC1CCCCC1OCc1ccsc1C(=O)NN. The normalized spacial score (nSPS) is 23.3. The molecular weight excluding hydrogens is 260 g/mol. The molecule has 106 valence electrons. The average Bonchev–Trinajstić information content (AvgIpc) is 2.93. The van der Waals surface area contributed by atoms with Crippen LogP contribution in [-0.4, -0.2) is 12.0 Å². The molecule has 1 fully saturated rings. The van der Waals surface area contributed by atoms with Gasteiger partial charge in [-0.05, 0) is 30.2 Å². The van der Waals surface area contributed by atoms with Crippen LogP contribution in [0.5, 0.6) is 0 Å². The highest BCUT2D eigenvalue weighted by molar-refractivity contribution is 7.12. The second-order valence-electron chi connectivity index (χ2n) is 5.05. The monoisotopic (exact) mass is 282 g/mol. The Balaban J connectivity index is 1.94. The van der Waals surface area contributed by atoms with Crippen LogP contribution in [0.2, 0.25) is 0 Å². The number of carbonyl (C=O) groups is 1. The number of hydrogen-bond acceptors (Lipinski definition) is 4. The van der Waals surface area contributed by atoms with Crippen LogP contribution >= 0.6 is 11.3 Å². The minimum atomic E-state index is -0.232. The topological polar surface area (TPSA) is 64.3 Å². The van der Waals surface area contributed by atoms with Gasteiger partial charge >= 0.3 is 0 Å². The summed E-state index contributed by atoms with van der Waals surface area (Å²) in [5, 5.41) is 1.90. The van der Waals surface area contributed by atoms with Gasteiger partial charge in [-0.1, -0.05) is 26.2 Å². The van der Waals surface area contributed by atoms with Crippen molar-refractivity contribution in [1.82, 2.24) is 5.43 Å². The van der Waals surface area contributed by atoms with Crippen LogP contribution in [0.1, 0.15) is 54.3 Å². The quantitative estimate of drug-likeness (QED) is 0.496. The Bertz CT molecular complexity index is 419. The minimum absolute atomic E-state index is 0.232. The molecule has 0 bridgehead atoms. The van der Waals surface area contributed by atoms with Crippen LogP contribution < -0.4 is 11.3 Å². The lowest BCUT2D eigenvalue weighted by Crippen LogP contribution is -2.30. The van der Waals surface area contributed by atoms with Gasteiger partial charge in [0.1, 0.15) is 0 Å². The number of carbonyl (C=O) groups excluding carboxylic acids is 1. The summed E-state index contributed by atoms with van der Waals surface area (Å²) in [6.07, 6.45) is 6.48. The van der Waals surface area contributed by atoms with Crippen LogP contribution in [0.4, 0.5) is 0 Å². The Hall–Kier alpha value is -0.910. The number of hydrogen-bond donors (Lipinski definition) is 2. The van der Waals surface area contributed by atoms with Crippen LogP contribution in [0.15, 0.2) is 11.4 Å². The van der Waals surface area contributed by atoms with Crippen molar-refractivity contribution < 1.29 is 9.53 Å². The maximum absolute atomic E-state index is 11.6. The highest BCUT2D eigenvalue weighted by Gasteiger charge is 2.24. The van der Waals surface area contributed by atoms with Gasteiger partial charge in [-0.3, -0.25) is 10.2 Å². The molecule has 0 radical (unpaired) electrons. The molecule has 5 heteroatoms. The van der Waals surface area contributed by atoms with E-state index in [1.807, 2.05) is 11.4 Å². The van der Waals surface area contributed by atoms with Crippen molar-refractivity contribution in [3.8, 4) is 0 Å².